The zero-order chi connectivity index (χ0) is 15.4. The van der Waals surface area contributed by atoms with Gasteiger partial charge >= 0.3 is 0 Å². The van der Waals surface area contributed by atoms with E-state index < -0.39 is 0 Å². The molecule has 0 saturated heterocycles. The zero-order valence-electron chi connectivity index (χ0n) is 11.8. The number of rotatable bonds is 5. The Morgan fingerprint density at radius 3 is 2.64 bits per heavy atom. The van der Waals surface area contributed by atoms with Gasteiger partial charge in [-0.15, -0.1) is 0 Å². The molecule has 0 unspecified atom stereocenters. The number of aromatic nitrogens is 2. The lowest BCUT2D eigenvalue weighted by molar-refractivity contribution is -0.596. The first-order valence-corrected chi connectivity index (χ1v) is 7.70. The molecular weight excluding hydrogens is 319 g/mol. The van der Waals surface area contributed by atoms with Crippen molar-refractivity contribution in [2.45, 2.75) is 6.42 Å². The van der Waals surface area contributed by atoms with Gasteiger partial charge in [0.2, 0.25) is 0 Å². The summed E-state index contributed by atoms with van der Waals surface area (Å²) in [6.07, 6.45) is 6.42. The predicted octanol–water partition coefficient (Wildman–Crippen LogP) is 3.74. The topological polar surface area (TPSA) is 18.0 Å². The maximum absolute atomic E-state index is 6.20. The lowest BCUT2D eigenvalue weighted by atomic mass is 10.2. The van der Waals surface area contributed by atoms with E-state index in [-0.39, 0.29) is 0 Å². The molecule has 5 heteroatoms. The standard InChI is InChI=1S/C17H15Cl2N2O/c18-15-6-7-17(16(19)12-15)20-9-10-21(13-20)22-11-8-14-4-2-1-3-5-14/h1-7,9-10,12-13H,8,11H2/q+1. The van der Waals surface area contributed by atoms with Crippen molar-refractivity contribution in [1.29, 1.82) is 0 Å². The fourth-order valence-corrected chi connectivity index (χ4v) is 2.67. The molecule has 0 aliphatic heterocycles. The molecule has 2 aromatic carbocycles. The van der Waals surface area contributed by atoms with Crippen molar-refractivity contribution in [2.75, 3.05) is 6.61 Å². The van der Waals surface area contributed by atoms with E-state index >= 15 is 0 Å². The molecule has 0 bridgehead atoms. The first kappa shape index (κ1) is 14.9. The van der Waals surface area contributed by atoms with Crippen LogP contribution in [0, 0.1) is 0 Å². The molecule has 112 valence electrons. The van der Waals surface area contributed by atoms with E-state index in [1.807, 2.05) is 53.6 Å². The quantitative estimate of drug-likeness (QED) is 0.650. The maximum Gasteiger partial charge on any atom is 0.289 e. The van der Waals surface area contributed by atoms with Gasteiger partial charge in [-0.25, -0.2) is 0 Å². The number of hydrogen-bond donors (Lipinski definition) is 0. The Balaban J connectivity index is 1.64. The maximum atomic E-state index is 6.20. The van der Waals surface area contributed by atoms with Crippen LogP contribution in [0.15, 0.2) is 67.3 Å². The van der Waals surface area contributed by atoms with Gasteiger partial charge in [-0.1, -0.05) is 58.3 Å². The fourth-order valence-electron chi connectivity index (χ4n) is 2.16. The van der Waals surface area contributed by atoms with Crippen LogP contribution in [0.1, 0.15) is 5.56 Å². The van der Waals surface area contributed by atoms with Gasteiger partial charge in [0.05, 0.1) is 5.02 Å². The summed E-state index contributed by atoms with van der Waals surface area (Å²) in [5.74, 6) is 0. The van der Waals surface area contributed by atoms with E-state index in [0.717, 1.165) is 12.1 Å². The Hall–Kier alpha value is -1.97. The summed E-state index contributed by atoms with van der Waals surface area (Å²) in [5.41, 5.74) is 2.11. The van der Waals surface area contributed by atoms with E-state index in [9.17, 15) is 0 Å². The molecule has 3 nitrogen and oxygen atoms in total. The van der Waals surface area contributed by atoms with E-state index in [1.165, 1.54) is 5.56 Å². The molecule has 1 aromatic heterocycles. The van der Waals surface area contributed by atoms with Crippen LogP contribution in [-0.4, -0.2) is 11.3 Å². The Labute approximate surface area is 139 Å². The largest absolute Gasteiger partial charge is 0.336 e. The molecule has 0 saturated carbocycles. The smallest absolute Gasteiger partial charge is 0.289 e. The Morgan fingerprint density at radius 1 is 1.05 bits per heavy atom. The van der Waals surface area contributed by atoms with Crippen molar-refractivity contribution >= 4 is 23.2 Å². The van der Waals surface area contributed by atoms with Crippen molar-refractivity contribution in [2.24, 2.45) is 0 Å². The lowest BCUT2D eigenvalue weighted by Gasteiger charge is -2.01. The minimum atomic E-state index is 0.597. The van der Waals surface area contributed by atoms with Crippen molar-refractivity contribution in [1.82, 2.24) is 4.73 Å². The molecule has 0 aliphatic rings. The van der Waals surface area contributed by atoms with Gasteiger partial charge in [-0.05, 0) is 23.8 Å². The van der Waals surface area contributed by atoms with Crippen LogP contribution in [0.4, 0.5) is 0 Å². The van der Waals surface area contributed by atoms with Gasteiger partial charge < -0.3 is 4.84 Å². The fraction of sp³-hybridized carbons (Fsp3) is 0.118. The normalized spacial score (nSPS) is 10.6. The lowest BCUT2D eigenvalue weighted by Crippen LogP contribution is -2.28. The third-order valence-corrected chi connectivity index (χ3v) is 3.81. The molecular formula is C17H15Cl2N2O+. The Bertz CT molecular complexity index is 756. The SMILES string of the molecule is Clc1ccc(-[n+]2ccn(OCCc3ccccc3)c2)c(Cl)c1. The second kappa shape index (κ2) is 6.86. The summed E-state index contributed by atoms with van der Waals surface area (Å²) >= 11 is 12.1. The first-order valence-electron chi connectivity index (χ1n) is 6.94. The van der Waals surface area contributed by atoms with Crippen LogP contribution in [0.25, 0.3) is 5.69 Å². The van der Waals surface area contributed by atoms with Gasteiger partial charge in [0, 0.05) is 11.4 Å². The van der Waals surface area contributed by atoms with Gasteiger partial charge in [0.25, 0.3) is 6.33 Å². The van der Waals surface area contributed by atoms with Gasteiger partial charge in [0.15, 0.2) is 11.9 Å². The molecule has 0 N–H and O–H groups in total. The number of hydrogen-bond acceptors (Lipinski definition) is 1. The monoisotopic (exact) mass is 333 g/mol. The molecule has 0 atom stereocenters. The summed E-state index contributed by atoms with van der Waals surface area (Å²) in [4.78, 5) is 5.70. The Morgan fingerprint density at radius 2 is 1.86 bits per heavy atom. The van der Waals surface area contributed by atoms with E-state index in [2.05, 4.69) is 12.1 Å². The van der Waals surface area contributed by atoms with E-state index in [4.69, 9.17) is 28.0 Å². The Kier molecular flexibility index (Phi) is 4.66. The predicted molar refractivity (Wildman–Crippen MR) is 87.6 cm³/mol. The minimum Gasteiger partial charge on any atom is -0.336 e. The van der Waals surface area contributed by atoms with Gasteiger partial charge in [-0.3, -0.25) is 0 Å². The van der Waals surface area contributed by atoms with Gasteiger partial charge in [0.1, 0.15) is 12.8 Å². The first-order chi connectivity index (χ1) is 10.7. The van der Waals surface area contributed by atoms with E-state index in [0.29, 0.717) is 16.7 Å². The highest BCUT2D eigenvalue weighted by atomic mass is 35.5. The number of nitrogens with zero attached hydrogens (tertiary/aromatic N) is 2. The molecule has 22 heavy (non-hydrogen) atoms. The summed E-state index contributed by atoms with van der Waals surface area (Å²) in [7, 11) is 0. The summed E-state index contributed by atoms with van der Waals surface area (Å²) in [5, 5.41) is 1.22. The van der Waals surface area contributed by atoms with Gasteiger partial charge in [-0.2, -0.15) is 4.57 Å². The van der Waals surface area contributed by atoms with Crippen LogP contribution in [0.2, 0.25) is 10.0 Å². The third-order valence-electron chi connectivity index (χ3n) is 3.27. The summed E-state index contributed by atoms with van der Waals surface area (Å²) < 4.78 is 3.56. The zero-order valence-corrected chi connectivity index (χ0v) is 13.3. The third kappa shape index (κ3) is 3.62. The number of imidazole rings is 1. The summed E-state index contributed by atoms with van der Waals surface area (Å²) in [6.45, 7) is 0.604. The highest BCUT2D eigenvalue weighted by Crippen LogP contribution is 2.20. The van der Waals surface area contributed by atoms with Crippen LogP contribution in [0.5, 0.6) is 0 Å². The second-order valence-electron chi connectivity index (χ2n) is 4.85. The molecule has 0 radical (unpaired) electrons. The van der Waals surface area contributed by atoms with Crippen molar-refractivity contribution < 1.29 is 9.40 Å². The molecule has 0 spiro atoms. The van der Waals surface area contributed by atoms with Crippen LogP contribution in [0.3, 0.4) is 0 Å². The van der Waals surface area contributed by atoms with E-state index in [1.54, 1.807) is 10.8 Å². The highest BCUT2D eigenvalue weighted by molar-refractivity contribution is 6.35. The highest BCUT2D eigenvalue weighted by Gasteiger charge is 2.11. The van der Waals surface area contributed by atoms with Crippen molar-refractivity contribution in [3.05, 3.63) is 82.9 Å². The average molecular weight is 334 g/mol. The summed E-state index contributed by atoms with van der Waals surface area (Å²) in [6, 6.07) is 15.7. The molecule has 0 fully saturated rings. The molecule has 3 aromatic rings. The average Bonchev–Trinajstić information content (AvgIpc) is 2.97. The number of halogens is 2. The number of benzene rings is 2. The van der Waals surface area contributed by atoms with Crippen LogP contribution >= 0.6 is 23.2 Å². The molecule has 0 aliphatic carbocycles. The molecule has 1 heterocycles. The molecule has 3 rings (SSSR count). The van der Waals surface area contributed by atoms with Crippen molar-refractivity contribution in [3.63, 3.8) is 0 Å². The van der Waals surface area contributed by atoms with Crippen LogP contribution in [-0.2, 0) is 6.42 Å². The van der Waals surface area contributed by atoms with Crippen LogP contribution < -0.4 is 9.40 Å². The molecule has 0 amide bonds. The minimum absolute atomic E-state index is 0.597. The second-order valence-corrected chi connectivity index (χ2v) is 5.69. The van der Waals surface area contributed by atoms with Crippen molar-refractivity contribution in [3.8, 4) is 5.69 Å².